The number of hydrogen-bond donors (Lipinski definition) is 0. The number of halogens is 1. The van der Waals surface area contributed by atoms with Gasteiger partial charge in [0.05, 0.1) is 0 Å². The summed E-state index contributed by atoms with van der Waals surface area (Å²) in [4.78, 5) is 0. The van der Waals surface area contributed by atoms with Crippen LogP contribution < -0.4 is 0 Å². The molecule has 0 amide bonds. The van der Waals surface area contributed by atoms with E-state index in [1.54, 1.807) is 0 Å². The SMILES string of the molecule is CCCCCCCC(C)c1ccc2cc3c(cc2c1)sc1cc2cc(I)ccc2cc13. The van der Waals surface area contributed by atoms with Crippen LogP contribution >= 0.6 is 33.9 Å². The third-order valence-corrected chi connectivity index (χ3v) is 8.47. The zero-order valence-corrected chi connectivity index (χ0v) is 21.4. The van der Waals surface area contributed by atoms with Gasteiger partial charge in [-0.05, 0) is 98.4 Å². The molecule has 1 heterocycles. The average Bonchev–Trinajstić information content (AvgIpc) is 3.11. The molecule has 0 bridgehead atoms. The number of rotatable bonds is 7. The lowest BCUT2D eigenvalue weighted by atomic mass is 9.92. The van der Waals surface area contributed by atoms with E-state index in [9.17, 15) is 0 Å². The quantitative estimate of drug-likeness (QED) is 0.143. The molecule has 0 nitrogen and oxygen atoms in total. The maximum atomic E-state index is 2.44. The maximum absolute atomic E-state index is 2.44. The molecular weight excluding hydrogens is 507 g/mol. The molecule has 0 N–H and O–H groups in total. The van der Waals surface area contributed by atoms with Gasteiger partial charge in [-0.25, -0.2) is 0 Å². The molecule has 5 aromatic rings. The Bertz CT molecular complexity index is 1380. The molecular formula is C29H29IS. The fourth-order valence-electron chi connectivity index (χ4n) is 4.78. The highest BCUT2D eigenvalue weighted by atomic mass is 127. The van der Waals surface area contributed by atoms with Crippen LogP contribution in [0.1, 0.15) is 63.9 Å². The number of thiophene rings is 1. The van der Waals surface area contributed by atoms with Crippen LogP contribution in [0.15, 0.2) is 60.7 Å². The fourth-order valence-corrected chi connectivity index (χ4v) is 6.46. The molecule has 0 aliphatic heterocycles. The van der Waals surface area contributed by atoms with Crippen LogP contribution in [0.25, 0.3) is 41.7 Å². The van der Waals surface area contributed by atoms with E-state index >= 15 is 0 Å². The van der Waals surface area contributed by atoms with Crippen molar-refractivity contribution in [1.82, 2.24) is 0 Å². The van der Waals surface area contributed by atoms with Crippen molar-refractivity contribution in [3.05, 3.63) is 69.8 Å². The third kappa shape index (κ3) is 4.34. The van der Waals surface area contributed by atoms with Crippen molar-refractivity contribution in [2.24, 2.45) is 0 Å². The Hall–Kier alpha value is -1.65. The number of hydrogen-bond acceptors (Lipinski definition) is 1. The smallest absolute Gasteiger partial charge is 0.0361 e. The molecule has 0 aliphatic rings. The third-order valence-electron chi connectivity index (χ3n) is 6.68. The minimum atomic E-state index is 0.636. The standard InChI is InChI=1S/C29H29IS/c1-3-4-5-6-7-8-19(2)20-9-10-21-15-26-27-16-22-11-12-25(30)14-24(22)18-29(27)31-28(26)17-23(21)13-20/h9-19H,3-8H2,1-2H3. The zero-order valence-electron chi connectivity index (χ0n) is 18.4. The Balaban J connectivity index is 1.49. The molecule has 4 aromatic carbocycles. The number of fused-ring (bicyclic) bond motifs is 5. The average molecular weight is 537 g/mol. The lowest BCUT2D eigenvalue weighted by Crippen LogP contribution is -1.94. The highest BCUT2D eigenvalue weighted by molar-refractivity contribution is 14.1. The van der Waals surface area contributed by atoms with Gasteiger partial charge in [0.2, 0.25) is 0 Å². The summed E-state index contributed by atoms with van der Waals surface area (Å²) in [6, 6.07) is 23.4. The van der Waals surface area contributed by atoms with E-state index in [0.29, 0.717) is 5.92 Å². The van der Waals surface area contributed by atoms with Crippen molar-refractivity contribution < 1.29 is 0 Å². The molecule has 1 atom stereocenters. The second kappa shape index (κ2) is 9.07. The van der Waals surface area contributed by atoms with Gasteiger partial charge in [-0.1, -0.05) is 70.2 Å². The highest BCUT2D eigenvalue weighted by Gasteiger charge is 2.11. The Labute approximate surface area is 202 Å². The molecule has 0 saturated heterocycles. The summed E-state index contributed by atoms with van der Waals surface area (Å²) < 4.78 is 4.08. The van der Waals surface area contributed by atoms with E-state index in [-0.39, 0.29) is 0 Å². The molecule has 0 spiro atoms. The molecule has 5 rings (SSSR count). The topological polar surface area (TPSA) is 0 Å². The molecule has 0 aliphatic carbocycles. The lowest BCUT2D eigenvalue weighted by Gasteiger charge is -2.13. The predicted octanol–water partition coefficient (Wildman–Crippen LogP) is 10.4. The van der Waals surface area contributed by atoms with Crippen LogP contribution in [0.3, 0.4) is 0 Å². The summed E-state index contributed by atoms with van der Waals surface area (Å²) in [5.74, 6) is 0.636. The summed E-state index contributed by atoms with van der Waals surface area (Å²) >= 11 is 4.33. The Morgan fingerprint density at radius 2 is 1.35 bits per heavy atom. The molecule has 0 saturated carbocycles. The van der Waals surface area contributed by atoms with Crippen molar-refractivity contribution in [3.8, 4) is 0 Å². The number of benzene rings is 4. The van der Waals surface area contributed by atoms with Gasteiger partial charge < -0.3 is 0 Å². The minimum Gasteiger partial charge on any atom is -0.135 e. The molecule has 2 heteroatoms. The van der Waals surface area contributed by atoms with E-state index < -0.39 is 0 Å². The lowest BCUT2D eigenvalue weighted by molar-refractivity contribution is 0.567. The molecule has 1 aromatic heterocycles. The fraction of sp³-hybridized carbons (Fsp3) is 0.310. The molecule has 0 fully saturated rings. The first kappa shape index (κ1) is 21.2. The summed E-state index contributed by atoms with van der Waals surface area (Å²) in [6.45, 7) is 4.68. The van der Waals surface area contributed by atoms with E-state index in [2.05, 4.69) is 97.1 Å². The van der Waals surface area contributed by atoms with Crippen LogP contribution in [0.5, 0.6) is 0 Å². The Morgan fingerprint density at radius 3 is 2.06 bits per heavy atom. The van der Waals surface area contributed by atoms with Gasteiger partial charge in [-0.3, -0.25) is 0 Å². The summed E-state index contributed by atoms with van der Waals surface area (Å²) in [5, 5.41) is 8.19. The van der Waals surface area contributed by atoms with E-state index in [4.69, 9.17) is 0 Å². The van der Waals surface area contributed by atoms with Gasteiger partial charge in [0.1, 0.15) is 0 Å². The van der Waals surface area contributed by atoms with Crippen LogP contribution in [0.4, 0.5) is 0 Å². The van der Waals surface area contributed by atoms with E-state index in [1.807, 2.05) is 11.3 Å². The van der Waals surface area contributed by atoms with Crippen molar-refractivity contribution in [2.75, 3.05) is 0 Å². The van der Waals surface area contributed by atoms with Crippen LogP contribution in [-0.2, 0) is 0 Å². The monoisotopic (exact) mass is 536 g/mol. The van der Waals surface area contributed by atoms with Crippen molar-refractivity contribution in [3.63, 3.8) is 0 Å². The van der Waals surface area contributed by atoms with Gasteiger partial charge in [-0.2, -0.15) is 0 Å². The molecule has 31 heavy (non-hydrogen) atoms. The van der Waals surface area contributed by atoms with Crippen molar-refractivity contribution in [2.45, 2.75) is 58.3 Å². The summed E-state index contributed by atoms with van der Waals surface area (Å²) in [6.07, 6.45) is 8.11. The second-order valence-electron chi connectivity index (χ2n) is 9.00. The maximum Gasteiger partial charge on any atom is 0.0361 e. The van der Waals surface area contributed by atoms with Crippen LogP contribution in [0.2, 0.25) is 0 Å². The first-order valence-electron chi connectivity index (χ1n) is 11.6. The second-order valence-corrected chi connectivity index (χ2v) is 11.3. The highest BCUT2D eigenvalue weighted by Crippen LogP contribution is 2.39. The minimum absolute atomic E-state index is 0.636. The largest absolute Gasteiger partial charge is 0.135 e. The number of unbranched alkanes of at least 4 members (excludes halogenated alkanes) is 4. The zero-order chi connectivity index (χ0) is 21.4. The normalized spacial score (nSPS) is 13.0. The van der Waals surface area contributed by atoms with Crippen LogP contribution in [-0.4, -0.2) is 0 Å². The first-order chi connectivity index (χ1) is 15.1. The van der Waals surface area contributed by atoms with Gasteiger partial charge in [-0.15, -0.1) is 11.3 Å². The van der Waals surface area contributed by atoms with Crippen LogP contribution in [0, 0.1) is 3.57 Å². The predicted molar refractivity (Wildman–Crippen MR) is 149 cm³/mol. The Morgan fingerprint density at radius 1 is 0.710 bits per heavy atom. The van der Waals surface area contributed by atoms with Gasteiger partial charge in [0.25, 0.3) is 0 Å². The first-order valence-corrected chi connectivity index (χ1v) is 13.5. The van der Waals surface area contributed by atoms with Gasteiger partial charge in [0.15, 0.2) is 0 Å². The molecule has 1 unspecified atom stereocenters. The summed E-state index contributed by atoms with van der Waals surface area (Å²) in [7, 11) is 0. The molecule has 158 valence electrons. The Kier molecular flexibility index (Phi) is 6.21. The van der Waals surface area contributed by atoms with E-state index in [0.717, 1.165) is 0 Å². The van der Waals surface area contributed by atoms with Gasteiger partial charge in [0, 0.05) is 23.7 Å². The molecule has 0 radical (unpaired) electrons. The van der Waals surface area contributed by atoms with Gasteiger partial charge >= 0.3 is 0 Å². The van der Waals surface area contributed by atoms with Crippen molar-refractivity contribution in [1.29, 1.82) is 0 Å². The summed E-state index contributed by atoms with van der Waals surface area (Å²) in [5.41, 5.74) is 1.49. The van der Waals surface area contributed by atoms with Crippen molar-refractivity contribution >= 4 is 75.6 Å². The van der Waals surface area contributed by atoms with E-state index in [1.165, 1.54) is 89.4 Å².